The van der Waals surface area contributed by atoms with E-state index in [2.05, 4.69) is 10.3 Å². The van der Waals surface area contributed by atoms with Gasteiger partial charge in [-0.3, -0.25) is 9.78 Å². The van der Waals surface area contributed by atoms with Crippen molar-refractivity contribution in [1.29, 1.82) is 0 Å². The standard InChI is InChI=1S/C15H18N2O2/c1-3-12(9-18)17-15(19)13-6-4-5-11-8-7-10(2)16-14(11)13/h4-8,12,18H,3,9H2,1-2H3,(H,17,19). The van der Waals surface area contributed by atoms with E-state index in [9.17, 15) is 4.79 Å². The van der Waals surface area contributed by atoms with Crippen LogP contribution < -0.4 is 5.32 Å². The van der Waals surface area contributed by atoms with Crippen molar-refractivity contribution in [2.24, 2.45) is 0 Å². The van der Waals surface area contributed by atoms with Crippen LogP contribution in [0.5, 0.6) is 0 Å². The molecule has 4 nitrogen and oxygen atoms in total. The third-order valence-corrected chi connectivity index (χ3v) is 3.15. The zero-order chi connectivity index (χ0) is 13.8. The second kappa shape index (κ2) is 5.80. The smallest absolute Gasteiger partial charge is 0.253 e. The first-order valence-corrected chi connectivity index (χ1v) is 6.43. The predicted octanol–water partition coefficient (Wildman–Crippen LogP) is 2.04. The number of para-hydroxylation sites is 1. The highest BCUT2D eigenvalue weighted by atomic mass is 16.3. The summed E-state index contributed by atoms with van der Waals surface area (Å²) >= 11 is 0. The van der Waals surface area contributed by atoms with Crippen molar-refractivity contribution in [3.63, 3.8) is 0 Å². The van der Waals surface area contributed by atoms with Crippen LogP contribution in [0.4, 0.5) is 0 Å². The zero-order valence-electron chi connectivity index (χ0n) is 11.2. The van der Waals surface area contributed by atoms with E-state index in [1.54, 1.807) is 6.07 Å². The van der Waals surface area contributed by atoms with Crippen LogP contribution in [0.15, 0.2) is 30.3 Å². The van der Waals surface area contributed by atoms with Crippen LogP contribution in [0.2, 0.25) is 0 Å². The Balaban J connectivity index is 2.39. The van der Waals surface area contributed by atoms with Crippen molar-refractivity contribution < 1.29 is 9.90 Å². The summed E-state index contributed by atoms with van der Waals surface area (Å²) in [6, 6.07) is 9.20. The molecule has 1 unspecified atom stereocenters. The molecule has 0 aliphatic heterocycles. The Hall–Kier alpha value is -1.94. The quantitative estimate of drug-likeness (QED) is 0.882. The number of rotatable bonds is 4. The van der Waals surface area contributed by atoms with Gasteiger partial charge < -0.3 is 10.4 Å². The first-order valence-electron chi connectivity index (χ1n) is 6.43. The van der Waals surface area contributed by atoms with Crippen molar-refractivity contribution in [3.05, 3.63) is 41.6 Å². The van der Waals surface area contributed by atoms with Gasteiger partial charge in [-0.2, -0.15) is 0 Å². The van der Waals surface area contributed by atoms with Gasteiger partial charge in [-0.15, -0.1) is 0 Å². The number of nitrogens with one attached hydrogen (secondary N) is 1. The number of aryl methyl sites for hydroxylation is 1. The SMILES string of the molecule is CCC(CO)NC(=O)c1cccc2ccc(C)nc12. The molecule has 4 heteroatoms. The van der Waals surface area contributed by atoms with Gasteiger partial charge in [0.15, 0.2) is 0 Å². The Bertz CT molecular complexity index is 592. The van der Waals surface area contributed by atoms with Crippen molar-refractivity contribution in [2.45, 2.75) is 26.3 Å². The van der Waals surface area contributed by atoms with Crippen LogP contribution in [-0.2, 0) is 0 Å². The minimum Gasteiger partial charge on any atom is -0.394 e. The van der Waals surface area contributed by atoms with E-state index in [0.717, 1.165) is 11.1 Å². The van der Waals surface area contributed by atoms with E-state index in [-0.39, 0.29) is 18.6 Å². The molecular formula is C15H18N2O2. The van der Waals surface area contributed by atoms with Crippen LogP contribution in [-0.4, -0.2) is 28.6 Å². The van der Waals surface area contributed by atoms with Crippen LogP contribution >= 0.6 is 0 Å². The van der Waals surface area contributed by atoms with Crippen molar-refractivity contribution >= 4 is 16.8 Å². The molecule has 2 rings (SSSR count). The highest BCUT2D eigenvalue weighted by Crippen LogP contribution is 2.17. The molecule has 0 radical (unpaired) electrons. The number of hydrogen-bond donors (Lipinski definition) is 2. The predicted molar refractivity (Wildman–Crippen MR) is 75.1 cm³/mol. The summed E-state index contributed by atoms with van der Waals surface area (Å²) in [6.45, 7) is 3.77. The van der Waals surface area contributed by atoms with E-state index in [4.69, 9.17) is 5.11 Å². The fraction of sp³-hybridized carbons (Fsp3) is 0.333. The molecule has 1 heterocycles. The van der Waals surface area contributed by atoms with E-state index >= 15 is 0 Å². The summed E-state index contributed by atoms with van der Waals surface area (Å²) in [7, 11) is 0. The molecular weight excluding hydrogens is 240 g/mol. The molecule has 0 aliphatic carbocycles. The molecule has 1 amide bonds. The minimum absolute atomic E-state index is 0.0561. The van der Waals surface area contributed by atoms with Crippen molar-refractivity contribution in [3.8, 4) is 0 Å². The van der Waals surface area contributed by atoms with E-state index in [1.807, 2.05) is 38.1 Å². The lowest BCUT2D eigenvalue weighted by molar-refractivity contribution is 0.0916. The fourth-order valence-electron chi connectivity index (χ4n) is 1.97. The Kier molecular flexibility index (Phi) is 4.12. The monoisotopic (exact) mass is 258 g/mol. The summed E-state index contributed by atoms with van der Waals surface area (Å²) in [5.41, 5.74) is 2.13. The Labute approximate surface area is 112 Å². The van der Waals surface area contributed by atoms with Crippen molar-refractivity contribution in [2.75, 3.05) is 6.61 Å². The molecule has 0 aliphatic rings. The van der Waals surface area contributed by atoms with Gasteiger partial charge >= 0.3 is 0 Å². The largest absolute Gasteiger partial charge is 0.394 e. The van der Waals surface area contributed by atoms with Gasteiger partial charge in [0.05, 0.1) is 23.7 Å². The Morgan fingerprint density at radius 1 is 1.37 bits per heavy atom. The fourth-order valence-corrected chi connectivity index (χ4v) is 1.97. The number of fused-ring (bicyclic) bond motifs is 1. The van der Waals surface area contributed by atoms with Crippen LogP contribution in [0.3, 0.4) is 0 Å². The van der Waals surface area contributed by atoms with Gasteiger partial charge in [0.25, 0.3) is 5.91 Å². The highest BCUT2D eigenvalue weighted by Gasteiger charge is 2.14. The lowest BCUT2D eigenvalue weighted by Crippen LogP contribution is -2.37. The van der Waals surface area contributed by atoms with Crippen LogP contribution in [0.1, 0.15) is 29.4 Å². The van der Waals surface area contributed by atoms with Crippen LogP contribution in [0.25, 0.3) is 10.9 Å². The molecule has 1 aromatic heterocycles. The minimum atomic E-state index is -0.215. The number of amides is 1. The molecule has 1 atom stereocenters. The topological polar surface area (TPSA) is 62.2 Å². The molecule has 0 saturated heterocycles. The maximum atomic E-state index is 12.2. The lowest BCUT2D eigenvalue weighted by Gasteiger charge is -2.14. The molecule has 0 fully saturated rings. The molecule has 2 aromatic rings. The Morgan fingerprint density at radius 2 is 2.16 bits per heavy atom. The molecule has 0 bridgehead atoms. The number of carbonyl (C=O) groups is 1. The van der Waals surface area contributed by atoms with Gasteiger partial charge in [-0.1, -0.05) is 25.1 Å². The average Bonchev–Trinajstić information content (AvgIpc) is 2.43. The zero-order valence-corrected chi connectivity index (χ0v) is 11.2. The third kappa shape index (κ3) is 2.90. The molecule has 0 spiro atoms. The number of aliphatic hydroxyl groups excluding tert-OH is 1. The number of aromatic nitrogens is 1. The van der Waals surface area contributed by atoms with E-state index in [0.29, 0.717) is 17.5 Å². The van der Waals surface area contributed by atoms with Crippen LogP contribution in [0, 0.1) is 6.92 Å². The first-order chi connectivity index (χ1) is 9.15. The number of carbonyl (C=O) groups excluding carboxylic acids is 1. The number of hydrogen-bond acceptors (Lipinski definition) is 3. The second-order valence-corrected chi connectivity index (χ2v) is 4.59. The summed E-state index contributed by atoms with van der Waals surface area (Å²) in [5.74, 6) is -0.190. The average molecular weight is 258 g/mol. The van der Waals surface area contributed by atoms with Gasteiger partial charge in [-0.05, 0) is 25.5 Å². The summed E-state index contributed by atoms with van der Waals surface area (Å²) in [6.07, 6.45) is 0.694. The third-order valence-electron chi connectivity index (χ3n) is 3.15. The summed E-state index contributed by atoms with van der Waals surface area (Å²) in [5, 5.41) is 12.9. The maximum absolute atomic E-state index is 12.2. The Morgan fingerprint density at radius 3 is 2.84 bits per heavy atom. The first kappa shape index (κ1) is 13.5. The molecule has 19 heavy (non-hydrogen) atoms. The van der Waals surface area contributed by atoms with Gasteiger partial charge in [0.1, 0.15) is 0 Å². The second-order valence-electron chi connectivity index (χ2n) is 4.59. The lowest BCUT2D eigenvalue weighted by atomic mass is 10.1. The van der Waals surface area contributed by atoms with Crippen molar-refractivity contribution in [1.82, 2.24) is 10.3 Å². The van der Waals surface area contributed by atoms with Gasteiger partial charge in [-0.25, -0.2) is 0 Å². The number of benzene rings is 1. The number of aliphatic hydroxyl groups is 1. The number of pyridine rings is 1. The normalized spacial score (nSPS) is 12.4. The molecule has 0 saturated carbocycles. The molecule has 100 valence electrons. The molecule has 2 N–H and O–H groups in total. The van der Waals surface area contributed by atoms with Gasteiger partial charge in [0, 0.05) is 11.1 Å². The maximum Gasteiger partial charge on any atom is 0.253 e. The summed E-state index contributed by atoms with van der Waals surface area (Å²) in [4.78, 5) is 16.7. The number of nitrogens with zero attached hydrogens (tertiary/aromatic N) is 1. The van der Waals surface area contributed by atoms with Gasteiger partial charge in [0.2, 0.25) is 0 Å². The van der Waals surface area contributed by atoms with E-state index in [1.165, 1.54) is 0 Å². The molecule has 1 aromatic carbocycles. The summed E-state index contributed by atoms with van der Waals surface area (Å²) < 4.78 is 0. The highest BCUT2D eigenvalue weighted by molar-refractivity contribution is 6.05. The van der Waals surface area contributed by atoms with E-state index < -0.39 is 0 Å².